The lowest BCUT2D eigenvalue weighted by Crippen LogP contribution is -2.24. The summed E-state index contributed by atoms with van der Waals surface area (Å²) in [5, 5.41) is 10.6. The molecule has 1 amide bonds. The molecule has 2 aromatic heterocycles. The number of nitrogens with zero attached hydrogens (tertiary/aromatic N) is 3. The van der Waals surface area contributed by atoms with Gasteiger partial charge in [0.05, 0.1) is 17.3 Å². The lowest BCUT2D eigenvalue weighted by molar-refractivity contribution is -0.137. The van der Waals surface area contributed by atoms with Crippen molar-refractivity contribution in [3.8, 4) is 5.75 Å². The summed E-state index contributed by atoms with van der Waals surface area (Å²) in [5.74, 6) is -0.106. The van der Waals surface area contributed by atoms with Crippen LogP contribution in [-0.2, 0) is 26.4 Å². The Balaban J connectivity index is 1.69. The SMILES string of the molecule is Cc1onc(C(=O)NCc2cnn(C)c2C)c1COc1cccc(C(F)(F)F)c1. The highest BCUT2D eigenvalue weighted by molar-refractivity contribution is 5.93. The van der Waals surface area contributed by atoms with Crippen LogP contribution in [0.5, 0.6) is 5.75 Å². The fraction of sp³-hybridized carbons (Fsp3) is 0.316. The molecule has 0 spiro atoms. The Morgan fingerprint density at radius 2 is 2.07 bits per heavy atom. The molecule has 0 bridgehead atoms. The second-order valence-electron chi connectivity index (χ2n) is 6.44. The first-order valence-electron chi connectivity index (χ1n) is 8.67. The van der Waals surface area contributed by atoms with E-state index < -0.39 is 17.6 Å². The summed E-state index contributed by atoms with van der Waals surface area (Å²) in [6.45, 7) is 3.56. The summed E-state index contributed by atoms with van der Waals surface area (Å²) in [4.78, 5) is 12.5. The second kappa shape index (κ2) is 7.98. The molecule has 1 N–H and O–H groups in total. The van der Waals surface area contributed by atoms with Crippen molar-refractivity contribution in [3.63, 3.8) is 0 Å². The maximum atomic E-state index is 12.8. The van der Waals surface area contributed by atoms with Gasteiger partial charge in [-0.15, -0.1) is 0 Å². The van der Waals surface area contributed by atoms with Gasteiger partial charge in [0.2, 0.25) is 0 Å². The molecule has 0 fully saturated rings. The maximum absolute atomic E-state index is 12.8. The largest absolute Gasteiger partial charge is 0.489 e. The van der Waals surface area contributed by atoms with Crippen molar-refractivity contribution < 1.29 is 27.2 Å². The van der Waals surface area contributed by atoms with Gasteiger partial charge in [0.15, 0.2) is 5.69 Å². The number of hydrogen-bond donors (Lipinski definition) is 1. The number of nitrogens with one attached hydrogen (secondary N) is 1. The van der Waals surface area contributed by atoms with E-state index in [1.807, 2.05) is 6.92 Å². The van der Waals surface area contributed by atoms with E-state index in [-0.39, 0.29) is 24.6 Å². The van der Waals surface area contributed by atoms with Crippen molar-refractivity contribution >= 4 is 5.91 Å². The number of carbonyl (C=O) groups excluding carboxylic acids is 1. The van der Waals surface area contributed by atoms with Crippen LogP contribution in [0.15, 0.2) is 35.0 Å². The van der Waals surface area contributed by atoms with Crippen LogP contribution in [0.1, 0.15) is 38.6 Å². The van der Waals surface area contributed by atoms with E-state index in [0.717, 1.165) is 23.4 Å². The van der Waals surface area contributed by atoms with Gasteiger partial charge in [-0.25, -0.2) is 0 Å². The van der Waals surface area contributed by atoms with Crippen molar-refractivity contribution in [1.29, 1.82) is 0 Å². The average molecular weight is 408 g/mol. The molecule has 3 aromatic rings. The van der Waals surface area contributed by atoms with Gasteiger partial charge in [-0.05, 0) is 32.0 Å². The van der Waals surface area contributed by atoms with Gasteiger partial charge in [0, 0.05) is 24.8 Å². The first-order valence-corrected chi connectivity index (χ1v) is 8.67. The standard InChI is InChI=1S/C19H19F3N4O3/c1-11-13(9-24-26(11)3)8-23-18(27)17-16(12(2)29-25-17)10-28-15-6-4-5-14(7-15)19(20,21)22/h4-7,9H,8,10H2,1-3H3,(H,23,27). The lowest BCUT2D eigenvalue weighted by atomic mass is 10.2. The summed E-state index contributed by atoms with van der Waals surface area (Å²) >= 11 is 0. The molecule has 10 heteroatoms. The smallest absolute Gasteiger partial charge is 0.416 e. The van der Waals surface area contributed by atoms with E-state index in [9.17, 15) is 18.0 Å². The van der Waals surface area contributed by atoms with Crippen molar-refractivity contribution in [2.75, 3.05) is 0 Å². The molecule has 0 aliphatic heterocycles. The van der Waals surface area contributed by atoms with Crippen molar-refractivity contribution in [2.45, 2.75) is 33.2 Å². The number of benzene rings is 1. The van der Waals surface area contributed by atoms with Crippen LogP contribution >= 0.6 is 0 Å². The summed E-state index contributed by atoms with van der Waals surface area (Å²) in [6, 6.07) is 4.51. The first-order chi connectivity index (χ1) is 13.7. The topological polar surface area (TPSA) is 82.2 Å². The van der Waals surface area contributed by atoms with Gasteiger partial charge >= 0.3 is 6.18 Å². The quantitative estimate of drug-likeness (QED) is 0.675. The van der Waals surface area contributed by atoms with Crippen LogP contribution in [0.25, 0.3) is 0 Å². The molecule has 0 atom stereocenters. The third-order valence-corrected chi connectivity index (χ3v) is 4.52. The minimum atomic E-state index is -4.47. The molecule has 0 aliphatic rings. The number of rotatable bonds is 6. The summed E-state index contributed by atoms with van der Waals surface area (Å²) in [5.41, 5.74) is 1.33. The zero-order valence-electron chi connectivity index (χ0n) is 16.0. The molecule has 0 aliphatic carbocycles. The Kier molecular flexibility index (Phi) is 5.62. The molecule has 1 aromatic carbocycles. The highest BCUT2D eigenvalue weighted by Gasteiger charge is 2.30. The molecule has 3 rings (SSSR count). The van der Waals surface area contributed by atoms with Crippen molar-refractivity contribution in [2.24, 2.45) is 7.05 Å². The second-order valence-corrected chi connectivity index (χ2v) is 6.44. The van der Waals surface area contributed by atoms with Crippen molar-refractivity contribution in [1.82, 2.24) is 20.3 Å². The van der Waals surface area contributed by atoms with E-state index in [0.29, 0.717) is 11.3 Å². The minimum Gasteiger partial charge on any atom is -0.489 e. The maximum Gasteiger partial charge on any atom is 0.416 e. The Morgan fingerprint density at radius 3 is 2.72 bits per heavy atom. The molecule has 2 heterocycles. The van der Waals surface area contributed by atoms with Gasteiger partial charge in [0.25, 0.3) is 5.91 Å². The number of carbonyl (C=O) groups is 1. The molecule has 0 unspecified atom stereocenters. The summed E-state index contributed by atoms with van der Waals surface area (Å²) < 4.78 is 50.7. The third-order valence-electron chi connectivity index (χ3n) is 4.52. The number of ether oxygens (including phenoxy) is 1. The number of aromatic nitrogens is 3. The van der Waals surface area contributed by atoms with Crippen LogP contribution < -0.4 is 10.1 Å². The van der Waals surface area contributed by atoms with Gasteiger partial charge in [-0.2, -0.15) is 18.3 Å². The Bertz CT molecular complexity index is 1020. The van der Waals surface area contributed by atoms with Crippen LogP contribution in [0, 0.1) is 13.8 Å². The number of alkyl halides is 3. The highest BCUT2D eigenvalue weighted by Crippen LogP contribution is 2.31. The zero-order chi connectivity index (χ0) is 21.2. The van der Waals surface area contributed by atoms with E-state index >= 15 is 0 Å². The summed E-state index contributed by atoms with van der Waals surface area (Å²) in [7, 11) is 1.80. The van der Waals surface area contributed by atoms with E-state index in [1.54, 1.807) is 24.9 Å². The molecule has 29 heavy (non-hydrogen) atoms. The fourth-order valence-electron chi connectivity index (χ4n) is 2.63. The normalized spacial score (nSPS) is 11.5. The Morgan fingerprint density at radius 1 is 1.31 bits per heavy atom. The van der Waals surface area contributed by atoms with E-state index in [4.69, 9.17) is 9.26 Å². The molecular weight excluding hydrogens is 389 g/mol. The minimum absolute atomic E-state index is 0.0241. The van der Waals surface area contributed by atoms with Crippen LogP contribution in [0.4, 0.5) is 13.2 Å². The van der Waals surface area contributed by atoms with Crippen LogP contribution in [0.3, 0.4) is 0 Å². The molecule has 154 valence electrons. The molecule has 0 saturated carbocycles. The molecular formula is C19H19F3N4O3. The first kappa shape index (κ1) is 20.4. The van der Waals surface area contributed by atoms with Gasteiger partial charge in [-0.3, -0.25) is 9.48 Å². The van der Waals surface area contributed by atoms with Crippen LogP contribution in [0.2, 0.25) is 0 Å². The van der Waals surface area contributed by atoms with E-state index in [2.05, 4.69) is 15.6 Å². The zero-order valence-corrected chi connectivity index (χ0v) is 16.0. The van der Waals surface area contributed by atoms with Gasteiger partial charge in [-0.1, -0.05) is 11.2 Å². The van der Waals surface area contributed by atoms with Crippen molar-refractivity contribution in [3.05, 3.63) is 64.3 Å². The fourth-order valence-corrected chi connectivity index (χ4v) is 2.63. The molecule has 0 saturated heterocycles. The Labute approximate surface area is 164 Å². The predicted molar refractivity (Wildman–Crippen MR) is 96.1 cm³/mol. The van der Waals surface area contributed by atoms with Gasteiger partial charge in [0.1, 0.15) is 18.1 Å². The highest BCUT2D eigenvalue weighted by atomic mass is 19.4. The number of amides is 1. The van der Waals surface area contributed by atoms with E-state index in [1.165, 1.54) is 12.1 Å². The molecule has 0 radical (unpaired) electrons. The lowest BCUT2D eigenvalue weighted by Gasteiger charge is -2.10. The van der Waals surface area contributed by atoms with Gasteiger partial charge < -0.3 is 14.6 Å². The molecule has 7 nitrogen and oxygen atoms in total. The third kappa shape index (κ3) is 4.58. The predicted octanol–water partition coefficient (Wildman–Crippen LogP) is 3.55. The average Bonchev–Trinajstić information content (AvgIpc) is 3.20. The summed E-state index contributed by atoms with van der Waals surface area (Å²) in [6.07, 6.45) is -2.82. The number of aryl methyl sites for hydroxylation is 2. The monoisotopic (exact) mass is 408 g/mol. The Hall–Kier alpha value is -3.30. The number of hydrogen-bond acceptors (Lipinski definition) is 5. The number of halogens is 3. The van der Waals surface area contributed by atoms with Crippen LogP contribution in [-0.4, -0.2) is 20.8 Å².